The minimum Gasteiger partial charge on any atom is -0.466 e. The Labute approximate surface area is 195 Å². The monoisotopic (exact) mass is 468 g/mol. The Morgan fingerprint density at radius 1 is 1.09 bits per heavy atom. The summed E-state index contributed by atoms with van der Waals surface area (Å²) in [6.07, 6.45) is 0.943. The molecular formula is C24H24N2O6S. The van der Waals surface area contributed by atoms with Gasteiger partial charge in [-0.05, 0) is 35.1 Å². The number of carbonyl (C=O) groups excluding carboxylic acids is 2. The number of hydrogen-bond acceptors (Lipinski definition) is 8. The molecule has 1 aromatic carbocycles. The number of carbonyl (C=O) groups is 2. The second kappa shape index (κ2) is 9.35. The number of esters is 2. The van der Waals surface area contributed by atoms with Crippen molar-refractivity contribution in [2.75, 3.05) is 28.4 Å². The van der Waals surface area contributed by atoms with Crippen molar-refractivity contribution in [1.82, 2.24) is 5.32 Å². The number of hydrogen-bond donors (Lipinski definition) is 1. The number of fused-ring (bicyclic) bond motifs is 1. The molecule has 9 heteroatoms. The molecule has 1 N–H and O–H groups in total. The van der Waals surface area contributed by atoms with Gasteiger partial charge in [0.25, 0.3) is 0 Å². The van der Waals surface area contributed by atoms with Gasteiger partial charge in [0.2, 0.25) is 5.69 Å². The molecule has 1 atom stereocenters. The van der Waals surface area contributed by atoms with E-state index in [-0.39, 0.29) is 11.5 Å². The van der Waals surface area contributed by atoms with Crippen LogP contribution in [0.15, 0.2) is 46.1 Å². The van der Waals surface area contributed by atoms with Crippen molar-refractivity contribution in [1.29, 1.82) is 0 Å². The molecule has 1 aromatic heterocycles. The fourth-order valence-electron chi connectivity index (χ4n) is 4.31. The summed E-state index contributed by atoms with van der Waals surface area (Å²) in [5.74, 6) is -1.78. The van der Waals surface area contributed by atoms with E-state index in [2.05, 4.69) is 10.2 Å². The van der Waals surface area contributed by atoms with E-state index < -0.39 is 24.1 Å². The van der Waals surface area contributed by atoms with E-state index >= 15 is 0 Å². The molecule has 1 aliphatic heterocycles. The average Bonchev–Trinajstić information content (AvgIpc) is 3.61. The fraction of sp³-hybridized carbons (Fsp3) is 0.375. The smallest absolute Gasteiger partial charge is 0.336 e. The van der Waals surface area contributed by atoms with Crippen LogP contribution >= 0.6 is 11.3 Å². The van der Waals surface area contributed by atoms with Gasteiger partial charge in [-0.2, -0.15) is 11.3 Å². The Morgan fingerprint density at radius 3 is 2.33 bits per heavy atom. The lowest BCUT2D eigenvalue weighted by molar-refractivity contribution is -0.138. The first kappa shape index (κ1) is 23.0. The Bertz CT molecular complexity index is 1210. The minimum absolute atomic E-state index is 0.133. The zero-order chi connectivity index (χ0) is 23.7. The molecule has 8 nitrogen and oxygen atoms in total. The zero-order valence-corrected chi connectivity index (χ0v) is 19.6. The molecule has 4 rings (SSSR count). The highest BCUT2D eigenvalue weighted by molar-refractivity contribution is 7.18. The third-order valence-electron chi connectivity index (χ3n) is 5.93. The first-order chi connectivity index (χ1) is 16.0. The van der Waals surface area contributed by atoms with Gasteiger partial charge in [-0.3, -0.25) is 0 Å². The van der Waals surface area contributed by atoms with Crippen LogP contribution in [0.3, 0.4) is 0 Å². The van der Waals surface area contributed by atoms with Gasteiger partial charge in [0.1, 0.15) is 0 Å². The van der Waals surface area contributed by atoms with Crippen LogP contribution in [0.5, 0.6) is 0 Å². The van der Waals surface area contributed by atoms with E-state index in [0.29, 0.717) is 22.7 Å². The Kier molecular flexibility index (Phi) is 6.51. The fourth-order valence-corrected chi connectivity index (χ4v) is 5.36. The lowest BCUT2D eigenvalue weighted by Gasteiger charge is -2.34. The van der Waals surface area contributed by atoms with Crippen LogP contribution in [0.25, 0.3) is 14.9 Å². The summed E-state index contributed by atoms with van der Waals surface area (Å²) in [6.45, 7) is 7.51. The first-order valence-corrected chi connectivity index (χ1v) is 11.2. The molecule has 0 radical (unpaired) electrons. The second-order valence-corrected chi connectivity index (χ2v) is 8.61. The molecule has 0 amide bonds. The van der Waals surface area contributed by atoms with Gasteiger partial charge < -0.3 is 24.3 Å². The molecule has 2 aliphatic rings. The highest BCUT2D eigenvalue weighted by Gasteiger charge is 2.45. The van der Waals surface area contributed by atoms with E-state index in [4.69, 9.17) is 25.5 Å². The molecule has 172 valence electrons. The number of nitrogens with zero attached hydrogens (tertiary/aromatic N) is 1. The molecule has 1 saturated carbocycles. The predicted molar refractivity (Wildman–Crippen MR) is 123 cm³/mol. The maximum absolute atomic E-state index is 13.2. The largest absolute Gasteiger partial charge is 0.466 e. The lowest BCUT2D eigenvalue weighted by atomic mass is 9.79. The van der Waals surface area contributed by atoms with Crippen LogP contribution in [-0.2, 0) is 28.5 Å². The number of methoxy groups -OCH3 is 4. The van der Waals surface area contributed by atoms with Crippen molar-refractivity contribution in [2.45, 2.75) is 25.0 Å². The molecule has 1 unspecified atom stereocenters. The van der Waals surface area contributed by atoms with Crippen molar-refractivity contribution in [3.63, 3.8) is 0 Å². The standard InChI is InChI=1S/C24H24N2O6S/c1-25-15-8-6-7-13-14(11-33-21(13)15)16-17(22(27)29-2)19(12-9-10-12)26-20(24(31-4)32-5)18(16)23(28)30-3/h6-8,11-12,16,24,26H,9-10H2,2-5H3. The average molecular weight is 469 g/mol. The topological polar surface area (TPSA) is 87.5 Å². The maximum Gasteiger partial charge on any atom is 0.336 e. The molecular weight excluding hydrogens is 444 g/mol. The van der Waals surface area contributed by atoms with Crippen LogP contribution in [0, 0.1) is 12.5 Å². The highest BCUT2D eigenvalue weighted by Crippen LogP contribution is 2.49. The number of rotatable bonds is 7. The summed E-state index contributed by atoms with van der Waals surface area (Å²) in [5, 5.41) is 5.96. The Balaban J connectivity index is 2.06. The number of allylic oxidation sites excluding steroid dienone is 1. The maximum atomic E-state index is 13.2. The third-order valence-corrected chi connectivity index (χ3v) is 6.96. The van der Waals surface area contributed by atoms with Gasteiger partial charge in [-0.15, -0.1) is 0 Å². The molecule has 1 fully saturated rings. The zero-order valence-electron chi connectivity index (χ0n) is 18.8. The van der Waals surface area contributed by atoms with Gasteiger partial charge in [-0.1, -0.05) is 18.2 Å². The quantitative estimate of drug-likeness (QED) is 0.373. The number of benzene rings is 1. The molecule has 0 saturated heterocycles. The number of ether oxygens (including phenoxy) is 4. The van der Waals surface area contributed by atoms with Crippen molar-refractivity contribution in [3.8, 4) is 0 Å². The molecule has 0 bridgehead atoms. The summed E-state index contributed by atoms with van der Waals surface area (Å²) in [5.41, 5.74) is 2.91. The van der Waals surface area contributed by atoms with Crippen molar-refractivity contribution in [2.24, 2.45) is 5.92 Å². The molecule has 2 aromatic rings. The summed E-state index contributed by atoms with van der Waals surface area (Å²) in [4.78, 5) is 29.9. The molecule has 2 heterocycles. The van der Waals surface area contributed by atoms with E-state index in [1.807, 2.05) is 11.4 Å². The Hall–Kier alpha value is -3.19. The van der Waals surface area contributed by atoms with Crippen LogP contribution in [0.2, 0.25) is 0 Å². The van der Waals surface area contributed by atoms with E-state index in [0.717, 1.165) is 28.5 Å². The van der Waals surface area contributed by atoms with Crippen LogP contribution in [0.4, 0.5) is 5.69 Å². The normalized spacial score (nSPS) is 18.4. The second-order valence-electron chi connectivity index (χ2n) is 7.73. The minimum atomic E-state index is -0.877. The Morgan fingerprint density at radius 2 is 1.76 bits per heavy atom. The van der Waals surface area contributed by atoms with Gasteiger partial charge in [0, 0.05) is 24.6 Å². The van der Waals surface area contributed by atoms with Gasteiger partial charge in [0.05, 0.1) is 43.6 Å². The first-order valence-electron chi connectivity index (χ1n) is 10.4. The van der Waals surface area contributed by atoms with Crippen molar-refractivity contribution in [3.05, 3.63) is 63.1 Å². The lowest BCUT2D eigenvalue weighted by Crippen LogP contribution is -2.39. The van der Waals surface area contributed by atoms with Crippen LogP contribution < -0.4 is 5.32 Å². The van der Waals surface area contributed by atoms with Gasteiger partial charge in [-0.25, -0.2) is 14.4 Å². The highest BCUT2D eigenvalue weighted by atomic mass is 32.1. The number of nitrogens with one attached hydrogen (secondary N) is 1. The van der Waals surface area contributed by atoms with E-state index in [1.165, 1.54) is 39.8 Å². The van der Waals surface area contributed by atoms with Crippen LogP contribution in [-0.4, -0.2) is 46.7 Å². The third kappa shape index (κ3) is 3.91. The van der Waals surface area contributed by atoms with E-state index in [1.54, 1.807) is 12.1 Å². The molecule has 0 spiro atoms. The van der Waals surface area contributed by atoms with Gasteiger partial charge in [0.15, 0.2) is 6.29 Å². The van der Waals surface area contributed by atoms with Crippen molar-refractivity contribution >= 4 is 39.0 Å². The molecule has 1 aliphatic carbocycles. The van der Waals surface area contributed by atoms with Crippen LogP contribution in [0.1, 0.15) is 24.3 Å². The molecule has 33 heavy (non-hydrogen) atoms. The van der Waals surface area contributed by atoms with E-state index in [9.17, 15) is 9.59 Å². The summed E-state index contributed by atoms with van der Waals surface area (Å²) < 4.78 is 22.1. The summed E-state index contributed by atoms with van der Waals surface area (Å²) in [7, 11) is 5.57. The van der Waals surface area contributed by atoms with Crippen molar-refractivity contribution < 1.29 is 28.5 Å². The van der Waals surface area contributed by atoms with Gasteiger partial charge >= 0.3 is 11.9 Å². The number of thiophene rings is 1. The number of dihydropyridines is 1. The predicted octanol–water partition coefficient (Wildman–Crippen LogP) is 4.02. The summed E-state index contributed by atoms with van der Waals surface area (Å²) >= 11 is 1.40. The SMILES string of the molecule is [C-]#[N+]c1cccc2c(C3C(C(=O)OC)=C(C4CC4)NC(C(OC)OC)=C3C(=O)OC)csc12. The summed E-state index contributed by atoms with van der Waals surface area (Å²) in [6, 6.07) is 5.44.